The highest BCUT2D eigenvalue weighted by molar-refractivity contribution is 6.99. The molecule has 8 rings (SSSR count). The lowest BCUT2D eigenvalue weighted by Gasteiger charge is -2.40. The second-order valence-electron chi connectivity index (χ2n) is 13.9. The van der Waals surface area contributed by atoms with E-state index in [0.29, 0.717) is 17.8 Å². The van der Waals surface area contributed by atoms with Crippen molar-refractivity contribution in [2.45, 2.75) is 59.3 Å². The fraction of sp³-hybridized carbons (Fsp3) is 0.209. The van der Waals surface area contributed by atoms with Crippen LogP contribution in [0.3, 0.4) is 0 Å². The van der Waals surface area contributed by atoms with Crippen molar-refractivity contribution in [1.82, 2.24) is 0 Å². The van der Waals surface area contributed by atoms with Crippen LogP contribution >= 0.6 is 0 Å². The maximum absolute atomic E-state index is 2.54. The lowest BCUT2D eigenvalue weighted by molar-refractivity contribution is 0.812. The molecule has 0 fully saturated rings. The van der Waals surface area contributed by atoms with Crippen LogP contribution in [0.15, 0.2) is 115 Å². The molecule has 0 spiro atoms. The van der Waals surface area contributed by atoms with Crippen molar-refractivity contribution in [3.63, 3.8) is 0 Å². The van der Waals surface area contributed by atoms with Gasteiger partial charge in [-0.15, -0.1) is 0 Å². The smallest absolute Gasteiger partial charge is 0.247 e. The minimum atomic E-state index is 0.120. The van der Waals surface area contributed by atoms with Gasteiger partial charge < -0.3 is 4.90 Å². The predicted octanol–water partition coefficient (Wildman–Crippen LogP) is 10.3. The van der Waals surface area contributed by atoms with Crippen LogP contribution in [0.25, 0.3) is 32.3 Å². The first-order chi connectivity index (χ1) is 21.8. The van der Waals surface area contributed by atoms with Crippen molar-refractivity contribution in [3.8, 4) is 0 Å². The number of hydrogen-bond donors (Lipinski definition) is 0. The molecule has 0 amide bonds. The van der Waals surface area contributed by atoms with Crippen LogP contribution in [-0.4, -0.2) is 6.71 Å². The van der Waals surface area contributed by atoms with E-state index in [4.69, 9.17) is 0 Å². The summed E-state index contributed by atoms with van der Waals surface area (Å²) < 4.78 is 0. The average Bonchev–Trinajstić information content (AvgIpc) is 3.05. The summed E-state index contributed by atoms with van der Waals surface area (Å²) in [7, 11) is 0. The molecular formula is C43H40BN. The monoisotopic (exact) mass is 581 g/mol. The summed E-state index contributed by atoms with van der Waals surface area (Å²) in [6, 6.07) is 43.8. The molecule has 220 valence electrons. The van der Waals surface area contributed by atoms with E-state index in [9.17, 15) is 0 Å². The van der Waals surface area contributed by atoms with Crippen molar-refractivity contribution < 1.29 is 0 Å². The summed E-state index contributed by atoms with van der Waals surface area (Å²) in [5.41, 5.74) is 12.5. The summed E-state index contributed by atoms with van der Waals surface area (Å²) in [6.07, 6.45) is 0. The minimum absolute atomic E-state index is 0.120. The molecule has 0 saturated heterocycles. The molecule has 0 aromatic heterocycles. The van der Waals surface area contributed by atoms with Crippen molar-refractivity contribution >= 4 is 72.5 Å². The second-order valence-corrected chi connectivity index (χ2v) is 13.9. The second kappa shape index (κ2) is 10.5. The van der Waals surface area contributed by atoms with Crippen LogP contribution in [0.2, 0.25) is 0 Å². The molecule has 1 aliphatic heterocycles. The fourth-order valence-electron chi connectivity index (χ4n) is 8.01. The number of fused-ring (bicyclic) bond motifs is 3. The Morgan fingerprint density at radius 2 is 1.13 bits per heavy atom. The van der Waals surface area contributed by atoms with Gasteiger partial charge in [0.05, 0.1) is 0 Å². The van der Waals surface area contributed by atoms with Gasteiger partial charge in [-0.25, -0.2) is 0 Å². The van der Waals surface area contributed by atoms with E-state index in [0.717, 1.165) is 0 Å². The molecule has 7 aromatic rings. The van der Waals surface area contributed by atoms with Gasteiger partial charge in [-0.2, -0.15) is 0 Å². The molecule has 0 bridgehead atoms. The van der Waals surface area contributed by atoms with E-state index >= 15 is 0 Å². The van der Waals surface area contributed by atoms with Gasteiger partial charge in [-0.1, -0.05) is 144 Å². The number of para-hydroxylation sites is 2. The molecule has 1 heterocycles. The van der Waals surface area contributed by atoms with Crippen LogP contribution in [0, 0.1) is 0 Å². The van der Waals surface area contributed by atoms with Crippen LogP contribution < -0.4 is 21.3 Å². The van der Waals surface area contributed by atoms with E-state index in [1.807, 2.05) is 0 Å². The highest BCUT2D eigenvalue weighted by Crippen LogP contribution is 2.44. The Hall–Kier alpha value is -4.56. The first-order valence-electron chi connectivity index (χ1n) is 16.7. The molecule has 0 N–H and O–H groups in total. The van der Waals surface area contributed by atoms with E-state index in [-0.39, 0.29) is 6.71 Å². The van der Waals surface area contributed by atoms with Crippen LogP contribution in [0.5, 0.6) is 0 Å². The first kappa shape index (κ1) is 28.0. The Morgan fingerprint density at radius 3 is 1.80 bits per heavy atom. The Bertz CT molecular complexity index is 2160. The summed E-state index contributed by atoms with van der Waals surface area (Å²) in [4.78, 5) is 2.54. The maximum atomic E-state index is 2.54. The van der Waals surface area contributed by atoms with Crippen LogP contribution in [0.1, 0.15) is 76.0 Å². The Kier molecular flexibility index (Phi) is 6.54. The normalized spacial score (nSPS) is 13.2. The van der Waals surface area contributed by atoms with Gasteiger partial charge in [-0.05, 0) is 90.5 Å². The van der Waals surface area contributed by atoms with Gasteiger partial charge in [-0.3, -0.25) is 0 Å². The zero-order chi connectivity index (χ0) is 31.0. The van der Waals surface area contributed by atoms with Gasteiger partial charge in [0.1, 0.15) is 0 Å². The fourth-order valence-corrected chi connectivity index (χ4v) is 8.01. The number of benzene rings is 7. The Balaban J connectivity index is 1.56. The lowest BCUT2D eigenvalue weighted by atomic mass is 9.33. The molecule has 1 aliphatic rings. The SMILES string of the molecule is CC(C)c1cc(C(C)C)c(B2c3ccccc3N(c3ccccc3)c3c2cc2ccc4cccc5ccc3c2c45)c(C(C)C)c1. The molecule has 0 unspecified atom stereocenters. The molecule has 45 heavy (non-hydrogen) atoms. The predicted molar refractivity (Wildman–Crippen MR) is 198 cm³/mol. The molecule has 0 aliphatic carbocycles. The van der Waals surface area contributed by atoms with E-state index in [1.165, 1.54) is 82.5 Å². The highest BCUT2D eigenvalue weighted by Gasteiger charge is 2.39. The largest absolute Gasteiger partial charge is 0.311 e. The lowest BCUT2D eigenvalue weighted by Crippen LogP contribution is -2.59. The molecule has 0 saturated carbocycles. The van der Waals surface area contributed by atoms with E-state index < -0.39 is 0 Å². The van der Waals surface area contributed by atoms with Crippen molar-refractivity contribution in [3.05, 3.63) is 132 Å². The summed E-state index contributed by atoms with van der Waals surface area (Å²) in [6.45, 7) is 14.3. The van der Waals surface area contributed by atoms with Gasteiger partial charge in [0.25, 0.3) is 0 Å². The molecule has 0 radical (unpaired) electrons. The molecular weight excluding hydrogens is 541 g/mol. The van der Waals surface area contributed by atoms with Crippen LogP contribution in [-0.2, 0) is 0 Å². The van der Waals surface area contributed by atoms with Crippen molar-refractivity contribution in [2.75, 3.05) is 4.90 Å². The topological polar surface area (TPSA) is 3.24 Å². The molecule has 7 aromatic carbocycles. The Morgan fingerprint density at radius 1 is 0.511 bits per heavy atom. The van der Waals surface area contributed by atoms with Gasteiger partial charge in [0.2, 0.25) is 6.71 Å². The van der Waals surface area contributed by atoms with Gasteiger partial charge in [0, 0.05) is 22.4 Å². The molecule has 2 heteroatoms. The third-order valence-corrected chi connectivity index (χ3v) is 10.2. The zero-order valence-electron chi connectivity index (χ0n) is 27.2. The van der Waals surface area contributed by atoms with Gasteiger partial charge >= 0.3 is 0 Å². The third kappa shape index (κ3) is 4.22. The van der Waals surface area contributed by atoms with Gasteiger partial charge in [0.15, 0.2) is 0 Å². The zero-order valence-corrected chi connectivity index (χ0v) is 27.2. The minimum Gasteiger partial charge on any atom is -0.311 e. The number of rotatable bonds is 5. The number of hydrogen-bond acceptors (Lipinski definition) is 1. The standard InChI is InChI=1S/C43H40BN/c1-26(2)32-23-35(27(3)4)42(36(24-32)28(5)6)44-37-17-10-11-18-39(37)45(33-15-8-7-9-16-33)43-34-22-21-30-14-12-13-29-19-20-31(25-38(43)44)41(34)40(29)30/h7-28H,1-6H3. The van der Waals surface area contributed by atoms with Crippen molar-refractivity contribution in [1.29, 1.82) is 0 Å². The first-order valence-corrected chi connectivity index (χ1v) is 16.7. The number of nitrogens with zero attached hydrogens (tertiary/aromatic N) is 1. The quantitative estimate of drug-likeness (QED) is 0.144. The van der Waals surface area contributed by atoms with Crippen molar-refractivity contribution in [2.24, 2.45) is 0 Å². The molecule has 0 atom stereocenters. The number of anilines is 3. The van der Waals surface area contributed by atoms with E-state index in [2.05, 4.69) is 162 Å². The highest BCUT2D eigenvalue weighted by atomic mass is 15.2. The summed E-state index contributed by atoms with van der Waals surface area (Å²) >= 11 is 0. The third-order valence-electron chi connectivity index (χ3n) is 10.2. The van der Waals surface area contributed by atoms with Crippen LogP contribution in [0.4, 0.5) is 17.1 Å². The summed E-state index contributed by atoms with van der Waals surface area (Å²) in [5.74, 6) is 1.29. The summed E-state index contributed by atoms with van der Waals surface area (Å²) in [5, 5.41) is 7.99. The maximum Gasteiger partial charge on any atom is 0.247 e. The van der Waals surface area contributed by atoms with E-state index in [1.54, 1.807) is 0 Å². The average molecular weight is 582 g/mol. The Labute approximate surface area is 267 Å². The molecule has 1 nitrogen and oxygen atoms in total.